The van der Waals surface area contributed by atoms with E-state index in [0.29, 0.717) is 11.6 Å². The monoisotopic (exact) mass is 1700 g/mol. The summed E-state index contributed by atoms with van der Waals surface area (Å²) >= 11 is 3.64. The van der Waals surface area contributed by atoms with Crippen LogP contribution in [0.5, 0.6) is 0 Å². The third-order valence-electron chi connectivity index (χ3n) is 27.0. The zero-order chi connectivity index (χ0) is 86.0. The van der Waals surface area contributed by atoms with Crippen LogP contribution in [0.3, 0.4) is 0 Å². The SMILES string of the molecule is Brc1ccc2c3c(cccc13)-c1ccccc1-2.CC1(C)OB(c2ccc(-c3nc(-c4ccccc4)c(-c4ccccc4)c(-c4ccc(B5OC(C)(C)C(C)(C)O5)cc4)n3)cc2)OC1(C)C.c1ccc(-c2nc(-c3ccc(-c4ccc5c6c(cccc46)-c4ccccc4-5)cc3)nc(-c3ccc(-c4ccc5c6c(cccc46)-c4ccccc4-5)cc3)c2-c2ccccc2)cc1. The van der Waals surface area contributed by atoms with E-state index in [0.717, 1.165) is 89.3 Å². The van der Waals surface area contributed by atoms with Crippen LogP contribution in [0.1, 0.15) is 55.4 Å². The average molecular weight is 1700 g/mol. The molecule has 19 aromatic rings. The van der Waals surface area contributed by atoms with Gasteiger partial charge in [0.05, 0.1) is 45.2 Å². The van der Waals surface area contributed by atoms with E-state index in [1.165, 1.54) is 126 Å². The number of aromatic nitrogens is 4. The highest BCUT2D eigenvalue weighted by molar-refractivity contribution is 9.10. The lowest BCUT2D eigenvalue weighted by Crippen LogP contribution is -2.41. The van der Waals surface area contributed by atoms with E-state index in [4.69, 9.17) is 38.6 Å². The number of hydrogen-bond acceptors (Lipinski definition) is 8. The molecule has 0 unspecified atom stereocenters. The molecule has 11 heteroatoms. The molecule has 0 amide bonds. The zero-order valence-electron chi connectivity index (χ0n) is 71.8. The lowest BCUT2D eigenvalue weighted by atomic mass is 9.78. The molecule has 5 aliphatic rings. The molecule has 2 aromatic heterocycles. The van der Waals surface area contributed by atoms with Gasteiger partial charge in [-0.2, -0.15) is 0 Å². The molecular formula is C116H87B2BrN4O4. The van der Waals surface area contributed by atoms with Crippen molar-refractivity contribution in [1.82, 2.24) is 19.9 Å². The number of hydrogen-bond donors (Lipinski definition) is 0. The lowest BCUT2D eigenvalue weighted by molar-refractivity contribution is 0.00578. The maximum Gasteiger partial charge on any atom is 0.494 e. The van der Waals surface area contributed by atoms with E-state index in [1.54, 1.807) is 0 Å². The Bertz CT molecular complexity index is 7440. The van der Waals surface area contributed by atoms with E-state index < -0.39 is 36.6 Å². The molecule has 0 radical (unpaired) electrons. The molecule has 127 heavy (non-hydrogen) atoms. The smallest absolute Gasteiger partial charge is 0.399 e. The van der Waals surface area contributed by atoms with Crippen LogP contribution in [0.25, 0.3) is 211 Å². The standard InChI is InChI=1S/C60H36N2.C40H42B2N2O4.C16H9Br/c1-3-13-39(14-4-1)55-58(40-15-5-2-6-16-40)61-60(42-31-27-38(28-32-42)44-34-36-54-48-20-10-8-18-46(48)52-24-12-22-50(44)57(52)54)62-59(55)41-29-25-37(26-30-41)43-33-35-53-47-19-9-7-17-45(47)51-23-11-21-49(43)56(51)53;1-37(2)38(3,4)46-41(45-37)31-23-19-29(20-24-31)35-33(27-15-11-9-12-16-27)34(28-17-13-10-14-18-28)43-36(44-35)30-21-25-32(26-22-30)42-47-39(5,6)40(7,8)48-42;17-15-9-8-13-11-5-2-1-4-10(11)12-6-3-7-14(15)16(12)13/h1-36H;9-26H,1-8H3;1-9H. The van der Waals surface area contributed by atoms with Gasteiger partial charge < -0.3 is 18.6 Å². The zero-order valence-corrected chi connectivity index (χ0v) is 73.4. The fraction of sp³-hybridized carbons (Fsp3) is 0.103. The Kier molecular flexibility index (Phi) is 19.5. The van der Waals surface area contributed by atoms with Crippen LogP contribution in [-0.2, 0) is 18.6 Å². The van der Waals surface area contributed by atoms with Crippen LogP contribution in [0.2, 0.25) is 0 Å². The van der Waals surface area contributed by atoms with Gasteiger partial charge in [-0.05, 0) is 205 Å². The number of benzene rings is 17. The van der Waals surface area contributed by atoms with Crippen LogP contribution in [-0.4, -0.2) is 56.6 Å². The van der Waals surface area contributed by atoms with Crippen molar-refractivity contribution >= 4 is 73.4 Å². The highest BCUT2D eigenvalue weighted by Gasteiger charge is 2.53. The fourth-order valence-electron chi connectivity index (χ4n) is 19.0. The quantitative estimate of drug-likeness (QED) is 0.112. The van der Waals surface area contributed by atoms with Crippen molar-refractivity contribution < 1.29 is 18.6 Å². The highest BCUT2D eigenvalue weighted by atomic mass is 79.9. The first-order valence-corrected chi connectivity index (χ1v) is 44.5. The van der Waals surface area contributed by atoms with Gasteiger partial charge in [-0.3, -0.25) is 0 Å². The summed E-state index contributed by atoms with van der Waals surface area (Å²) in [4.78, 5) is 21.4. The van der Waals surface area contributed by atoms with Gasteiger partial charge in [0.2, 0.25) is 0 Å². The van der Waals surface area contributed by atoms with Crippen molar-refractivity contribution in [2.45, 2.75) is 77.8 Å². The van der Waals surface area contributed by atoms with Crippen LogP contribution in [0, 0.1) is 0 Å². The largest absolute Gasteiger partial charge is 0.494 e. The average Bonchev–Trinajstić information content (AvgIpc) is 1.62. The number of halogens is 1. The van der Waals surface area contributed by atoms with Crippen molar-refractivity contribution in [2.24, 2.45) is 0 Å². The molecule has 0 atom stereocenters. The maximum absolute atomic E-state index is 6.35. The van der Waals surface area contributed by atoms with Gasteiger partial charge in [0.1, 0.15) is 0 Å². The van der Waals surface area contributed by atoms with Crippen LogP contribution in [0.15, 0.2) is 387 Å². The van der Waals surface area contributed by atoms with Crippen molar-refractivity contribution in [3.8, 4) is 179 Å². The normalized spacial score (nSPS) is 14.6. The topological polar surface area (TPSA) is 88.5 Å². The first kappa shape index (κ1) is 79.1. The minimum Gasteiger partial charge on any atom is -0.399 e. The summed E-state index contributed by atoms with van der Waals surface area (Å²) in [7, 11) is -0.885. The van der Waals surface area contributed by atoms with E-state index in [9.17, 15) is 0 Å². The Hall–Kier alpha value is -13.9. The predicted molar refractivity (Wildman–Crippen MR) is 530 cm³/mol. The number of nitrogens with zero attached hydrogens (tertiary/aromatic N) is 4. The third-order valence-corrected chi connectivity index (χ3v) is 27.6. The summed E-state index contributed by atoms with van der Waals surface area (Å²) in [6, 6.07) is 136. The molecule has 2 saturated heterocycles. The summed E-state index contributed by atoms with van der Waals surface area (Å²) in [5, 5.41) is 7.89. The maximum atomic E-state index is 6.35. The van der Waals surface area contributed by atoms with E-state index in [1.807, 2.05) is 36.4 Å². The molecule has 24 rings (SSSR count). The van der Waals surface area contributed by atoms with Crippen molar-refractivity contribution in [3.05, 3.63) is 387 Å². The molecule has 3 aliphatic carbocycles. The van der Waals surface area contributed by atoms with E-state index in [2.05, 4.69) is 417 Å². The molecule has 0 N–H and O–H groups in total. The Balaban J connectivity index is 0.000000129. The summed E-state index contributed by atoms with van der Waals surface area (Å²) in [6.07, 6.45) is 0. The fourth-order valence-corrected chi connectivity index (χ4v) is 19.5. The molecule has 608 valence electrons. The van der Waals surface area contributed by atoms with Crippen LogP contribution in [0.4, 0.5) is 0 Å². The van der Waals surface area contributed by atoms with Crippen LogP contribution >= 0.6 is 15.9 Å². The summed E-state index contributed by atoms with van der Waals surface area (Å²) in [5.74, 6) is 1.33. The molecule has 0 bridgehead atoms. The second-order valence-electron chi connectivity index (χ2n) is 35.5. The molecule has 0 spiro atoms. The van der Waals surface area contributed by atoms with E-state index >= 15 is 0 Å². The summed E-state index contributed by atoms with van der Waals surface area (Å²) in [6.45, 7) is 16.6. The van der Waals surface area contributed by atoms with Crippen LogP contribution < -0.4 is 10.9 Å². The van der Waals surface area contributed by atoms with Gasteiger partial charge in [-0.15, -0.1) is 0 Å². The third kappa shape index (κ3) is 13.8. The molecule has 8 nitrogen and oxygen atoms in total. The highest BCUT2D eigenvalue weighted by Crippen LogP contribution is 2.54. The second kappa shape index (κ2) is 31.4. The van der Waals surface area contributed by atoms with Crippen molar-refractivity contribution in [2.75, 3.05) is 0 Å². The Morgan fingerprint density at radius 2 is 0.425 bits per heavy atom. The second-order valence-corrected chi connectivity index (χ2v) is 36.4. The predicted octanol–water partition coefficient (Wildman–Crippen LogP) is 29.1. The summed E-state index contributed by atoms with van der Waals surface area (Å²) < 4.78 is 26.5. The number of fused-ring (bicyclic) bond motifs is 9. The Morgan fingerprint density at radius 1 is 0.197 bits per heavy atom. The lowest BCUT2D eigenvalue weighted by Gasteiger charge is -2.32. The Labute approximate surface area is 750 Å². The minimum absolute atomic E-state index is 0.413. The molecule has 4 heterocycles. The van der Waals surface area contributed by atoms with Gasteiger partial charge >= 0.3 is 14.2 Å². The first-order chi connectivity index (χ1) is 61.9. The first-order valence-electron chi connectivity index (χ1n) is 43.7. The van der Waals surface area contributed by atoms with E-state index in [-0.39, 0.29) is 0 Å². The molecular weight excluding hydrogens is 1610 g/mol. The Morgan fingerprint density at radius 3 is 0.756 bits per heavy atom. The van der Waals surface area contributed by atoms with Gasteiger partial charge in [0.15, 0.2) is 11.6 Å². The van der Waals surface area contributed by atoms with Gasteiger partial charge in [0, 0.05) is 49.0 Å². The molecule has 0 saturated carbocycles. The molecule has 17 aromatic carbocycles. The number of rotatable bonds is 12. The minimum atomic E-state index is -0.444. The molecule has 2 aliphatic heterocycles. The van der Waals surface area contributed by atoms with Crippen molar-refractivity contribution in [3.63, 3.8) is 0 Å². The molecule has 2 fully saturated rings. The summed E-state index contributed by atoms with van der Waals surface area (Å²) in [5.41, 5.74) is 34.5. The van der Waals surface area contributed by atoms with Gasteiger partial charge in [0.25, 0.3) is 0 Å². The van der Waals surface area contributed by atoms with Crippen molar-refractivity contribution in [1.29, 1.82) is 0 Å². The van der Waals surface area contributed by atoms with Gasteiger partial charge in [-0.1, -0.05) is 392 Å². The van der Waals surface area contributed by atoms with Gasteiger partial charge in [-0.25, -0.2) is 19.9 Å².